The van der Waals surface area contributed by atoms with Gasteiger partial charge in [-0.1, -0.05) is 0 Å². The van der Waals surface area contributed by atoms with Crippen molar-refractivity contribution in [3.05, 3.63) is 18.6 Å². The first-order valence-corrected chi connectivity index (χ1v) is 10.8. The van der Waals surface area contributed by atoms with Gasteiger partial charge in [0.25, 0.3) is 0 Å². The Hall–Kier alpha value is -1.88. The van der Waals surface area contributed by atoms with E-state index in [4.69, 9.17) is 0 Å². The van der Waals surface area contributed by atoms with Crippen molar-refractivity contribution in [3.63, 3.8) is 0 Å². The van der Waals surface area contributed by atoms with Crippen molar-refractivity contribution < 1.29 is 21.6 Å². The van der Waals surface area contributed by atoms with Gasteiger partial charge in [-0.2, -0.15) is 13.2 Å². The van der Waals surface area contributed by atoms with Crippen molar-refractivity contribution >= 4 is 26.9 Å². The molecule has 154 valence electrons. The summed E-state index contributed by atoms with van der Waals surface area (Å²) in [6.07, 6.45) is 0.736. The van der Waals surface area contributed by atoms with Crippen LogP contribution in [0.4, 0.5) is 19.0 Å². The van der Waals surface area contributed by atoms with Crippen molar-refractivity contribution in [2.24, 2.45) is 5.41 Å². The first-order chi connectivity index (χ1) is 13.1. The van der Waals surface area contributed by atoms with Crippen LogP contribution in [0.15, 0.2) is 18.6 Å². The summed E-state index contributed by atoms with van der Waals surface area (Å²) in [5.74, 6) is -0.0547. The summed E-state index contributed by atoms with van der Waals surface area (Å²) in [6, 6.07) is 1.97. The van der Waals surface area contributed by atoms with Gasteiger partial charge in [-0.25, -0.2) is 23.1 Å². The predicted molar refractivity (Wildman–Crippen MR) is 98.4 cm³/mol. The lowest BCUT2D eigenvalue weighted by molar-refractivity contribution is -0.130. The number of aromatic nitrogens is 3. The summed E-state index contributed by atoms with van der Waals surface area (Å²) in [5, 5.41) is 0.954. The molecule has 11 heteroatoms. The maximum Gasteiger partial charge on any atom is 0.390 e. The molecule has 28 heavy (non-hydrogen) atoms. The van der Waals surface area contributed by atoms with Gasteiger partial charge in [-0.05, 0) is 37.2 Å². The zero-order valence-corrected chi connectivity index (χ0v) is 16.1. The molecule has 2 aromatic heterocycles. The van der Waals surface area contributed by atoms with Gasteiger partial charge in [0.2, 0.25) is 10.0 Å². The molecule has 2 heterocycles. The molecule has 0 unspecified atom stereocenters. The van der Waals surface area contributed by atoms with Crippen molar-refractivity contribution in [1.82, 2.24) is 19.7 Å². The zero-order chi connectivity index (χ0) is 20.2. The molecule has 4 rings (SSSR count). The van der Waals surface area contributed by atoms with Crippen LogP contribution in [0.1, 0.15) is 32.1 Å². The molecule has 0 saturated heterocycles. The molecule has 2 aliphatic carbocycles. The second-order valence-electron chi connectivity index (χ2n) is 8.02. The third-order valence-corrected chi connectivity index (χ3v) is 7.35. The molecule has 0 aliphatic heterocycles. The molecule has 2 fully saturated rings. The minimum atomic E-state index is -4.47. The van der Waals surface area contributed by atoms with Gasteiger partial charge < -0.3 is 9.88 Å². The maximum atomic E-state index is 12.2. The van der Waals surface area contributed by atoms with Crippen molar-refractivity contribution in [2.75, 3.05) is 17.7 Å². The summed E-state index contributed by atoms with van der Waals surface area (Å²) >= 11 is 0. The Balaban J connectivity index is 1.29. The number of nitrogens with one attached hydrogen (secondary N) is 2. The second kappa shape index (κ2) is 6.58. The molecule has 7 nitrogen and oxygen atoms in total. The fourth-order valence-corrected chi connectivity index (χ4v) is 5.78. The number of hydrogen-bond acceptors (Lipinski definition) is 5. The van der Waals surface area contributed by atoms with E-state index in [2.05, 4.69) is 24.6 Å². The molecule has 2 aliphatic rings. The summed E-state index contributed by atoms with van der Waals surface area (Å²) in [6.45, 7) is 0. The van der Waals surface area contributed by atoms with E-state index in [1.54, 1.807) is 0 Å². The number of rotatable bonds is 6. The molecule has 2 aromatic rings. The number of fused-ring (bicyclic) bond motifs is 1. The van der Waals surface area contributed by atoms with Crippen LogP contribution in [0.5, 0.6) is 0 Å². The Bertz CT molecular complexity index is 961. The standard InChI is InChI=1S/C17H22F3N5O2S/c1-25(15-13-2-4-21-14(13)22-10-23-15)12-8-16(9-12)6-11(7-16)24-28(26,27)5-3-17(18,19)20/h2,4,10-12,24H,3,5-9H2,1H3,(H,21,22,23). The lowest BCUT2D eigenvalue weighted by atomic mass is 9.52. The molecular weight excluding hydrogens is 395 g/mol. The number of nitrogens with zero attached hydrogens (tertiary/aromatic N) is 3. The van der Waals surface area contributed by atoms with E-state index >= 15 is 0 Å². The van der Waals surface area contributed by atoms with Crippen LogP contribution in [0.3, 0.4) is 0 Å². The fraction of sp³-hybridized carbons (Fsp3) is 0.647. The summed E-state index contributed by atoms with van der Waals surface area (Å²) in [7, 11) is -1.91. The van der Waals surface area contributed by atoms with Gasteiger partial charge >= 0.3 is 6.18 Å². The normalized spacial score (nSPS) is 27.6. The van der Waals surface area contributed by atoms with E-state index in [0.717, 1.165) is 29.7 Å². The summed E-state index contributed by atoms with van der Waals surface area (Å²) in [4.78, 5) is 13.8. The minimum absolute atomic E-state index is 0.0838. The number of sulfonamides is 1. The highest BCUT2D eigenvalue weighted by Gasteiger charge is 2.54. The minimum Gasteiger partial charge on any atom is -0.356 e. The Kier molecular flexibility index (Phi) is 4.57. The van der Waals surface area contributed by atoms with Gasteiger partial charge in [0.15, 0.2) is 0 Å². The lowest BCUT2D eigenvalue weighted by Gasteiger charge is -2.59. The van der Waals surface area contributed by atoms with Crippen LogP contribution in [0, 0.1) is 5.41 Å². The van der Waals surface area contributed by atoms with Crippen LogP contribution in [0.25, 0.3) is 11.0 Å². The molecule has 2 saturated carbocycles. The van der Waals surface area contributed by atoms with Crippen molar-refractivity contribution in [3.8, 4) is 0 Å². The van der Waals surface area contributed by atoms with E-state index in [9.17, 15) is 21.6 Å². The lowest BCUT2D eigenvalue weighted by Crippen LogP contribution is -2.61. The monoisotopic (exact) mass is 417 g/mol. The van der Waals surface area contributed by atoms with Crippen LogP contribution in [0.2, 0.25) is 0 Å². The average molecular weight is 417 g/mol. The zero-order valence-electron chi connectivity index (χ0n) is 15.3. The Morgan fingerprint density at radius 1 is 1.29 bits per heavy atom. The molecule has 1 spiro atoms. The molecule has 0 radical (unpaired) electrons. The second-order valence-corrected chi connectivity index (χ2v) is 9.89. The Labute approximate surface area is 160 Å². The van der Waals surface area contributed by atoms with E-state index in [1.165, 1.54) is 6.33 Å². The van der Waals surface area contributed by atoms with Gasteiger partial charge in [-0.3, -0.25) is 0 Å². The quantitative estimate of drug-likeness (QED) is 0.754. The SMILES string of the molecule is CN(c1ncnc2[nH]ccc12)C1CC2(CC(NS(=O)(=O)CCC(F)(F)F)C2)C1. The number of halogens is 3. The summed E-state index contributed by atoms with van der Waals surface area (Å²) < 4.78 is 62.8. The first-order valence-electron chi connectivity index (χ1n) is 9.14. The number of anilines is 1. The largest absolute Gasteiger partial charge is 0.390 e. The number of H-pyrrole nitrogens is 1. The highest BCUT2D eigenvalue weighted by molar-refractivity contribution is 7.89. The molecule has 0 bridgehead atoms. The molecule has 2 N–H and O–H groups in total. The predicted octanol–water partition coefficient (Wildman–Crippen LogP) is 2.58. The van der Waals surface area contributed by atoms with Crippen molar-refractivity contribution in [1.29, 1.82) is 0 Å². The van der Waals surface area contributed by atoms with Crippen molar-refractivity contribution in [2.45, 2.75) is 50.4 Å². The van der Waals surface area contributed by atoms with Gasteiger partial charge in [0.05, 0.1) is 17.6 Å². The van der Waals surface area contributed by atoms with Crippen LogP contribution < -0.4 is 9.62 Å². The fourth-order valence-electron chi connectivity index (χ4n) is 4.49. The van der Waals surface area contributed by atoms with Gasteiger partial charge in [0, 0.05) is 25.3 Å². The molecule has 0 amide bonds. The third-order valence-electron chi connectivity index (χ3n) is 5.91. The van der Waals surface area contributed by atoms with E-state index < -0.39 is 28.4 Å². The Morgan fingerprint density at radius 2 is 2.00 bits per heavy atom. The van der Waals surface area contributed by atoms with Crippen LogP contribution in [-0.2, 0) is 10.0 Å². The number of hydrogen-bond donors (Lipinski definition) is 2. The Morgan fingerprint density at radius 3 is 2.68 bits per heavy atom. The third kappa shape index (κ3) is 3.82. The van der Waals surface area contributed by atoms with Gasteiger partial charge in [-0.15, -0.1) is 0 Å². The molecule has 0 aromatic carbocycles. The summed E-state index contributed by atoms with van der Waals surface area (Å²) in [5.41, 5.74) is 0.864. The number of aromatic amines is 1. The highest BCUT2D eigenvalue weighted by Crippen LogP contribution is 2.57. The van der Waals surface area contributed by atoms with Crippen LogP contribution in [-0.4, -0.2) is 54.4 Å². The molecular formula is C17H22F3N5O2S. The maximum absolute atomic E-state index is 12.2. The number of alkyl halides is 3. The first kappa shape index (κ1) is 19.4. The smallest absolute Gasteiger partial charge is 0.356 e. The van der Waals surface area contributed by atoms with E-state index in [1.807, 2.05) is 19.3 Å². The van der Waals surface area contributed by atoms with E-state index in [-0.39, 0.29) is 11.5 Å². The molecule has 0 atom stereocenters. The topological polar surface area (TPSA) is 91.0 Å². The van der Waals surface area contributed by atoms with Gasteiger partial charge in [0.1, 0.15) is 17.8 Å². The van der Waals surface area contributed by atoms with Crippen LogP contribution >= 0.6 is 0 Å². The average Bonchev–Trinajstić information content (AvgIpc) is 3.01. The van der Waals surface area contributed by atoms with E-state index in [0.29, 0.717) is 18.9 Å². The highest BCUT2D eigenvalue weighted by atomic mass is 32.2.